The van der Waals surface area contributed by atoms with Crippen molar-refractivity contribution in [1.29, 1.82) is 0 Å². The van der Waals surface area contributed by atoms with E-state index in [1.165, 1.54) is 12.1 Å². The van der Waals surface area contributed by atoms with Gasteiger partial charge in [-0.1, -0.05) is 12.1 Å². The van der Waals surface area contributed by atoms with E-state index in [0.29, 0.717) is 25.3 Å². The molecule has 0 radical (unpaired) electrons. The topological polar surface area (TPSA) is 78.8 Å². The second-order valence-electron chi connectivity index (χ2n) is 3.87. The van der Waals surface area contributed by atoms with Crippen molar-refractivity contribution in [3.05, 3.63) is 29.8 Å². The maximum absolute atomic E-state index is 11.1. The normalized spacial score (nSPS) is 12.3. The SMILES string of the molecule is CCOCCCNC(C(=O)O)c1ccc(O)cc1. The molecule has 3 N–H and O–H groups in total. The van der Waals surface area contributed by atoms with Crippen LogP contribution in [0.25, 0.3) is 0 Å². The Hall–Kier alpha value is -1.59. The van der Waals surface area contributed by atoms with Crippen LogP contribution in [0.15, 0.2) is 24.3 Å². The van der Waals surface area contributed by atoms with E-state index in [1.54, 1.807) is 12.1 Å². The Balaban J connectivity index is 2.50. The summed E-state index contributed by atoms with van der Waals surface area (Å²) in [5.74, 6) is -0.809. The highest BCUT2D eigenvalue weighted by molar-refractivity contribution is 5.75. The first-order chi connectivity index (χ1) is 8.65. The number of benzene rings is 1. The highest BCUT2D eigenvalue weighted by Gasteiger charge is 2.18. The molecule has 1 unspecified atom stereocenters. The molecule has 0 saturated carbocycles. The van der Waals surface area contributed by atoms with Crippen LogP contribution in [-0.4, -0.2) is 35.9 Å². The largest absolute Gasteiger partial charge is 0.508 e. The molecule has 0 aromatic heterocycles. The van der Waals surface area contributed by atoms with E-state index in [2.05, 4.69) is 5.32 Å². The van der Waals surface area contributed by atoms with Crippen molar-refractivity contribution in [1.82, 2.24) is 5.32 Å². The van der Waals surface area contributed by atoms with Crippen LogP contribution in [0.4, 0.5) is 0 Å². The van der Waals surface area contributed by atoms with Crippen LogP contribution in [0.5, 0.6) is 5.75 Å². The fourth-order valence-corrected chi connectivity index (χ4v) is 1.58. The number of carboxylic acids is 1. The van der Waals surface area contributed by atoms with Crippen LogP contribution in [0, 0.1) is 0 Å². The van der Waals surface area contributed by atoms with Gasteiger partial charge in [0.2, 0.25) is 0 Å². The predicted octanol–water partition coefficient (Wildman–Crippen LogP) is 1.53. The van der Waals surface area contributed by atoms with Crippen molar-refractivity contribution >= 4 is 5.97 Å². The molecule has 0 amide bonds. The van der Waals surface area contributed by atoms with Gasteiger partial charge in [0.15, 0.2) is 0 Å². The highest BCUT2D eigenvalue weighted by Crippen LogP contribution is 2.17. The molecule has 100 valence electrons. The summed E-state index contributed by atoms with van der Waals surface area (Å²) in [5.41, 5.74) is 0.622. The van der Waals surface area contributed by atoms with Gasteiger partial charge in [0.25, 0.3) is 0 Å². The zero-order valence-electron chi connectivity index (χ0n) is 10.4. The number of hydrogen-bond donors (Lipinski definition) is 3. The molecule has 0 aliphatic rings. The Kier molecular flexibility index (Phi) is 6.18. The summed E-state index contributed by atoms with van der Waals surface area (Å²) in [6, 6.07) is 5.40. The average molecular weight is 253 g/mol. The van der Waals surface area contributed by atoms with Gasteiger partial charge in [-0.25, -0.2) is 0 Å². The number of carboxylic acid groups (broad SMARTS) is 1. The summed E-state index contributed by atoms with van der Waals surface area (Å²) in [5, 5.41) is 21.3. The van der Waals surface area contributed by atoms with Gasteiger partial charge in [-0.3, -0.25) is 4.79 Å². The molecule has 18 heavy (non-hydrogen) atoms. The van der Waals surface area contributed by atoms with Crippen molar-refractivity contribution in [2.24, 2.45) is 0 Å². The monoisotopic (exact) mass is 253 g/mol. The molecular weight excluding hydrogens is 234 g/mol. The number of hydrogen-bond acceptors (Lipinski definition) is 4. The van der Waals surface area contributed by atoms with Gasteiger partial charge < -0.3 is 20.3 Å². The maximum Gasteiger partial charge on any atom is 0.325 e. The van der Waals surface area contributed by atoms with Gasteiger partial charge >= 0.3 is 5.97 Å². The van der Waals surface area contributed by atoms with Gasteiger partial charge in [-0.05, 0) is 37.6 Å². The number of aromatic hydroxyl groups is 1. The van der Waals surface area contributed by atoms with Crippen LogP contribution < -0.4 is 5.32 Å². The van der Waals surface area contributed by atoms with E-state index in [1.807, 2.05) is 6.92 Å². The van der Waals surface area contributed by atoms with Gasteiger partial charge in [0.05, 0.1) is 0 Å². The van der Waals surface area contributed by atoms with Crippen molar-refractivity contribution in [3.63, 3.8) is 0 Å². The zero-order chi connectivity index (χ0) is 13.4. The van der Waals surface area contributed by atoms with Crippen molar-refractivity contribution < 1.29 is 19.7 Å². The Morgan fingerprint density at radius 3 is 2.61 bits per heavy atom. The molecule has 5 nitrogen and oxygen atoms in total. The molecule has 0 saturated heterocycles. The van der Waals surface area contributed by atoms with Crippen LogP contribution in [0.1, 0.15) is 24.9 Å². The standard InChI is InChI=1S/C13H19NO4/c1-2-18-9-3-8-14-12(13(16)17)10-4-6-11(15)7-5-10/h4-7,12,14-15H,2-3,8-9H2,1H3,(H,16,17). The Morgan fingerprint density at radius 1 is 1.39 bits per heavy atom. The first-order valence-electron chi connectivity index (χ1n) is 5.98. The van der Waals surface area contributed by atoms with Gasteiger partial charge in [0.1, 0.15) is 11.8 Å². The van der Waals surface area contributed by atoms with E-state index in [9.17, 15) is 4.79 Å². The van der Waals surface area contributed by atoms with Crippen LogP contribution in [0.3, 0.4) is 0 Å². The lowest BCUT2D eigenvalue weighted by molar-refractivity contribution is -0.139. The number of nitrogens with one attached hydrogen (secondary N) is 1. The molecule has 0 aliphatic heterocycles. The Labute approximate surface area is 106 Å². The number of rotatable bonds is 8. The minimum absolute atomic E-state index is 0.124. The van der Waals surface area contributed by atoms with Crippen LogP contribution >= 0.6 is 0 Å². The minimum atomic E-state index is -0.933. The molecule has 0 spiro atoms. The molecule has 1 rings (SSSR count). The number of phenolic OH excluding ortho intramolecular Hbond substituents is 1. The minimum Gasteiger partial charge on any atom is -0.508 e. The molecule has 1 aromatic rings. The van der Waals surface area contributed by atoms with Crippen molar-refractivity contribution in [2.75, 3.05) is 19.8 Å². The third-order valence-electron chi connectivity index (χ3n) is 2.49. The second kappa shape index (κ2) is 7.68. The quantitative estimate of drug-likeness (QED) is 0.612. The van der Waals surface area contributed by atoms with E-state index >= 15 is 0 Å². The molecular formula is C13H19NO4. The van der Waals surface area contributed by atoms with Crippen molar-refractivity contribution in [3.8, 4) is 5.75 Å². The van der Waals surface area contributed by atoms with Gasteiger partial charge in [0, 0.05) is 13.2 Å². The smallest absolute Gasteiger partial charge is 0.325 e. The molecule has 1 atom stereocenters. The molecule has 0 bridgehead atoms. The van der Waals surface area contributed by atoms with E-state index in [4.69, 9.17) is 14.9 Å². The summed E-state index contributed by atoms with van der Waals surface area (Å²) in [7, 11) is 0. The molecule has 0 fully saturated rings. The fourth-order valence-electron chi connectivity index (χ4n) is 1.58. The zero-order valence-corrected chi connectivity index (χ0v) is 10.4. The second-order valence-corrected chi connectivity index (χ2v) is 3.87. The third kappa shape index (κ3) is 4.73. The van der Waals surface area contributed by atoms with Crippen molar-refractivity contribution in [2.45, 2.75) is 19.4 Å². The average Bonchev–Trinajstić information content (AvgIpc) is 2.35. The summed E-state index contributed by atoms with van der Waals surface area (Å²) in [4.78, 5) is 11.1. The number of phenols is 1. The molecule has 0 heterocycles. The molecule has 1 aromatic carbocycles. The van der Waals surface area contributed by atoms with Gasteiger partial charge in [-0.15, -0.1) is 0 Å². The lowest BCUT2D eigenvalue weighted by atomic mass is 10.1. The predicted molar refractivity (Wildman–Crippen MR) is 67.6 cm³/mol. The number of carbonyl (C=O) groups is 1. The van der Waals surface area contributed by atoms with Gasteiger partial charge in [-0.2, -0.15) is 0 Å². The van der Waals surface area contributed by atoms with E-state index in [-0.39, 0.29) is 5.75 Å². The first kappa shape index (κ1) is 14.5. The third-order valence-corrected chi connectivity index (χ3v) is 2.49. The van der Waals surface area contributed by atoms with Crippen LogP contribution in [-0.2, 0) is 9.53 Å². The maximum atomic E-state index is 11.1. The molecule has 5 heteroatoms. The first-order valence-corrected chi connectivity index (χ1v) is 5.98. The molecule has 0 aliphatic carbocycles. The Bertz CT molecular complexity index is 364. The lowest BCUT2D eigenvalue weighted by Gasteiger charge is -2.14. The fraction of sp³-hybridized carbons (Fsp3) is 0.462. The van der Waals surface area contributed by atoms with Crippen LogP contribution in [0.2, 0.25) is 0 Å². The highest BCUT2D eigenvalue weighted by atomic mass is 16.5. The summed E-state index contributed by atoms with van der Waals surface area (Å²) in [6.45, 7) is 3.77. The Morgan fingerprint density at radius 2 is 2.06 bits per heavy atom. The summed E-state index contributed by atoms with van der Waals surface area (Å²) < 4.78 is 5.18. The number of aliphatic carboxylic acids is 1. The number of ether oxygens (including phenoxy) is 1. The lowest BCUT2D eigenvalue weighted by Crippen LogP contribution is -2.29. The van der Waals surface area contributed by atoms with E-state index < -0.39 is 12.0 Å². The van der Waals surface area contributed by atoms with E-state index in [0.717, 1.165) is 6.42 Å². The summed E-state index contributed by atoms with van der Waals surface area (Å²) >= 11 is 0. The summed E-state index contributed by atoms with van der Waals surface area (Å²) in [6.07, 6.45) is 0.760.